The highest BCUT2D eigenvalue weighted by Gasteiger charge is 2.24. The van der Waals surface area contributed by atoms with Crippen LogP contribution in [0.2, 0.25) is 0 Å². The zero-order chi connectivity index (χ0) is 13.2. The molecule has 3 heteroatoms. The van der Waals surface area contributed by atoms with Gasteiger partial charge < -0.3 is 14.8 Å². The number of methoxy groups -OCH3 is 2. The quantitative estimate of drug-likeness (QED) is 0.911. The normalized spacial score (nSPS) is 16.6. The predicted molar refractivity (Wildman–Crippen MR) is 76.1 cm³/mol. The van der Waals surface area contributed by atoms with Gasteiger partial charge in [0.1, 0.15) is 11.5 Å². The molecule has 0 radical (unpaired) electrons. The summed E-state index contributed by atoms with van der Waals surface area (Å²) in [5.41, 5.74) is 3.66. The molecule has 1 N–H and O–H groups in total. The lowest BCUT2D eigenvalue weighted by Gasteiger charge is -2.15. The minimum Gasteiger partial charge on any atom is -0.497 e. The van der Waals surface area contributed by atoms with Gasteiger partial charge >= 0.3 is 0 Å². The lowest BCUT2D eigenvalue weighted by atomic mass is 10.0. The van der Waals surface area contributed by atoms with Gasteiger partial charge in [0.25, 0.3) is 0 Å². The lowest BCUT2D eigenvalue weighted by molar-refractivity contribution is 0.407. The summed E-state index contributed by atoms with van der Waals surface area (Å²) in [4.78, 5) is 0. The molecule has 0 bridgehead atoms. The van der Waals surface area contributed by atoms with Crippen LogP contribution in [0.5, 0.6) is 11.5 Å². The Balaban J connectivity index is 1.91. The highest BCUT2D eigenvalue weighted by atomic mass is 16.5. The Hall–Kier alpha value is -2.16. The first-order chi connectivity index (χ1) is 9.31. The van der Waals surface area contributed by atoms with E-state index in [1.807, 2.05) is 24.3 Å². The maximum Gasteiger partial charge on any atom is 0.124 e. The van der Waals surface area contributed by atoms with Crippen molar-refractivity contribution < 1.29 is 9.47 Å². The lowest BCUT2D eigenvalue weighted by Crippen LogP contribution is -2.07. The molecule has 1 aliphatic rings. The Kier molecular flexibility index (Phi) is 3.03. The molecule has 2 aromatic carbocycles. The minimum atomic E-state index is 0.262. The van der Waals surface area contributed by atoms with Gasteiger partial charge in [-0.05, 0) is 36.2 Å². The predicted octanol–water partition coefficient (Wildman–Crippen LogP) is 3.41. The van der Waals surface area contributed by atoms with Gasteiger partial charge in [0, 0.05) is 11.3 Å². The molecule has 3 rings (SSSR count). The third kappa shape index (κ3) is 2.12. The van der Waals surface area contributed by atoms with Crippen molar-refractivity contribution in [2.75, 3.05) is 19.5 Å². The van der Waals surface area contributed by atoms with E-state index in [1.54, 1.807) is 14.2 Å². The molecule has 0 saturated heterocycles. The largest absolute Gasteiger partial charge is 0.497 e. The Labute approximate surface area is 113 Å². The standard InChI is InChI=1S/C16H17NO2/c1-18-12-7-8-14-11(9-12)10-15(17-14)13-5-3-4-6-16(13)19-2/h3-9,15,17H,10H2,1-2H3. The molecule has 0 spiro atoms. The van der Waals surface area contributed by atoms with Gasteiger partial charge in [-0.2, -0.15) is 0 Å². The van der Waals surface area contributed by atoms with Crippen LogP contribution in [-0.4, -0.2) is 14.2 Å². The summed E-state index contributed by atoms with van der Waals surface area (Å²) in [7, 11) is 3.41. The highest BCUT2D eigenvalue weighted by molar-refractivity contribution is 5.61. The summed E-state index contributed by atoms with van der Waals surface area (Å²) in [5, 5.41) is 3.54. The van der Waals surface area contributed by atoms with Crippen molar-refractivity contribution in [3.05, 3.63) is 53.6 Å². The van der Waals surface area contributed by atoms with Crippen molar-refractivity contribution >= 4 is 5.69 Å². The number of fused-ring (bicyclic) bond motifs is 1. The Morgan fingerprint density at radius 2 is 1.89 bits per heavy atom. The van der Waals surface area contributed by atoms with Crippen LogP contribution in [0.25, 0.3) is 0 Å². The zero-order valence-corrected chi connectivity index (χ0v) is 11.1. The van der Waals surface area contributed by atoms with E-state index >= 15 is 0 Å². The monoisotopic (exact) mass is 255 g/mol. The summed E-state index contributed by atoms with van der Waals surface area (Å²) in [6.45, 7) is 0. The smallest absolute Gasteiger partial charge is 0.124 e. The molecule has 0 aromatic heterocycles. The van der Waals surface area contributed by atoms with E-state index in [9.17, 15) is 0 Å². The van der Waals surface area contributed by atoms with Crippen molar-refractivity contribution in [1.82, 2.24) is 0 Å². The fourth-order valence-corrected chi connectivity index (χ4v) is 2.61. The van der Waals surface area contributed by atoms with Crippen molar-refractivity contribution in [2.45, 2.75) is 12.5 Å². The first-order valence-electron chi connectivity index (χ1n) is 6.38. The van der Waals surface area contributed by atoms with E-state index in [1.165, 1.54) is 16.8 Å². The van der Waals surface area contributed by atoms with E-state index in [0.29, 0.717) is 0 Å². The number of nitrogens with one attached hydrogen (secondary N) is 1. The number of anilines is 1. The summed E-state index contributed by atoms with van der Waals surface area (Å²) in [6, 6.07) is 14.6. The van der Waals surface area contributed by atoms with Crippen molar-refractivity contribution in [1.29, 1.82) is 0 Å². The summed E-state index contributed by atoms with van der Waals surface area (Å²) in [5.74, 6) is 1.83. The average Bonchev–Trinajstić information content (AvgIpc) is 2.89. The molecule has 19 heavy (non-hydrogen) atoms. The van der Waals surface area contributed by atoms with Crippen molar-refractivity contribution in [3.8, 4) is 11.5 Å². The van der Waals surface area contributed by atoms with Crippen LogP contribution >= 0.6 is 0 Å². The van der Waals surface area contributed by atoms with Gasteiger partial charge in [-0.25, -0.2) is 0 Å². The van der Waals surface area contributed by atoms with Crippen LogP contribution in [0.15, 0.2) is 42.5 Å². The maximum atomic E-state index is 5.44. The Morgan fingerprint density at radius 1 is 1.05 bits per heavy atom. The van der Waals surface area contributed by atoms with E-state index in [-0.39, 0.29) is 6.04 Å². The number of hydrogen-bond acceptors (Lipinski definition) is 3. The fourth-order valence-electron chi connectivity index (χ4n) is 2.61. The highest BCUT2D eigenvalue weighted by Crippen LogP contribution is 2.38. The summed E-state index contributed by atoms with van der Waals surface area (Å²) in [6.07, 6.45) is 0.951. The second-order valence-electron chi connectivity index (χ2n) is 4.67. The fraction of sp³-hybridized carbons (Fsp3) is 0.250. The number of hydrogen-bond donors (Lipinski definition) is 1. The molecule has 0 amide bonds. The molecule has 1 unspecified atom stereocenters. The van der Waals surface area contributed by atoms with Crippen LogP contribution in [0.1, 0.15) is 17.2 Å². The van der Waals surface area contributed by atoms with E-state index < -0.39 is 0 Å². The Bertz CT molecular complexity index is 595. The number of para-hydroxylation sites is 1. The van der Waals surface area contributed by atoms with Crippen molar-refractivity contribution in [2.24, 2.45) is 0 Å². The zero-order valence-electron chi connectivity index (χ0n) is 11.1. The Morgan fingerprint density at radius 3 is 2.68 bits per heavy atom. The minimum absolute atomic E-state index is 0.262. The summed E-state index contributed by atoms with van der Waals surface area (Å²) < 4.78 is 10.7. The van der Waals surface area contributed by atoms with Crippen LogP contribution in [-0.2, 0) is 6.42 Å². The average molecular weight is 255 g/mol. The van der Waals surface area contributed by atoms with E-state index in [4.69, 9.17) is 9.47 Å². The molecule has 1 heterocycles. The second kappa shape index (κ2) is 4.84. The topological polar surface area (TPSA) is 30.5 Å². The molecule has 2 aromatic rings. The first kappa shape index (κ1) is 11.9. The van der Waals surface area contributed by atoms with E-state index in [2.05, 4.69) is 23.5 Å². The van der Waals surface area contributed by atoms with E-state index in [0.717, 1.165) is 17.9 Å². The van der Waals surface area contributed by atoms with Gasteiger partial charge in [-0.1, -0.05) is 18.2 Å². The molecule has 1 atom stereocenters. The van der Waals surface area contributed by atoms with Gasteiger partial charge in [-0.3, -0.25) is 0 Å². The van der Waals surface area contributed by atoms with Crippen LogP contribution < -0.4 is 14.8 Å². The van der Waals surface area contributed by atoms with Gasteiger partial charge in [0.05, 0.1) is 20.3 Å². The number of ether oxygens (including phenoxy) is 2. The maximum absolute atomic E-state index is 5.44. The molecule has 0 fully saturated rings. The molecule has 0 saturated carbocycles. The van der Waals surface area contributed by atoms with Gasteiger partial charge in [0.2, 0.25) is 0 Å². The molecule has 3 nitrogen and oxygen atoms in total. The molecule has 98 valence electrons. The molecule has 0 aliphatic carbocycles. The number of benzene rings is 2. The second-order valence-corrected chi connectivity index (χ2v) is 4.67. The SMILES string of the molecule is COc1ccc2c(c1)CC(c1ccccc1OC)N2. The number of rotatable bonds is 3. The third-order valence-electron chi connectivity index (χ3n) is 3.58. The van der Waals surface area contributed by atoms with Gasteiger partial charge in [-0.15, -0.1) is 0 Å². The molecular weight excluding hydrogens is 238 g/mol. The molecular formula is C16H17NO2. The third-order valence-corrected chi connectivity index (χ3v) is 3.58. The van der Waals surface area contributed by atoms with Crippen LogP contribution in [0.4, 0.5) is 5.69 Å². The van der Waals surface area contributed by atoms with Crippen molar-refractivity contribution in [3.63, 3.8) is 0 Å². The molecule has 1 aliphatic heterocycles. The van der Waals surface area contributed by atoms with Crippen LogP contribution in [0.3, 0.4) is 0 Å². The summed E-state index contributed by atoms with van der Waals surface area (Å²) >= 11 is 0. The van der Waals surface area contributed by atoms with Crippen LogP contribution in [0, 0.1) is 0 Å². The first-order valence-corrected chi connectivity index (χ1v) is 6.38. The van der Waals surface area contributed by atoms with Gasteiger partial charge in [0.15, 0.2) is 0 Å².